The Morgan fingerprint density at radius 2 is 2.15 bits per heavy atom. The molecular formula is C16H15IN6O3S. The van der Waals surface area contributed by atoms with E-state index in [2.05, 4.69) is 42.9 Å². The van der Waals surface area contributed by atoms with E-state index in [1.54, 1.807) is 0 Å². The summed E-state index contributed by atoms with van der Waals surface area (Å²) in [6, 6.07) is 3.87. The number of halogens is 1. The van der Waals surface area contributed by atoms with Gasteiger partial charge in [-0.15, -0.1) is 0 Å². The molecule has 1 aliphatic rings. The molecule has 0 unspecified atom stereocenters. The monoisotopic (exact) mass is 498 g/mol. The minimum Gasteiger partial charge on any atom is -0.454 e. The highest BCUT2D eigenvalue weighted by Gasteiger charge is 2.20. The van der Waals surface area contributed by atoms with Crippen LogP contribution in [-0.2, 0) is 11.3 Å². The zero-order chi connectivity index (χ0) is 19.0. The van der Waals surface area contributed by atoms with Crippen molar-refractivity contribution in [2.75, 3.05) is 19.1 Å². The summed E-state index contributed by atoms with van der Waals surface area (Å²) in [6.07, 6.45) is 1.41. The van der Waals surface area contributed by atoms with Crippen molar-refractivity contribution in [3.05, 3.63) is 22.0 Å². The number of rotatable bonds is 5. The summed E-state index contributed by atoms with van der Waals surface area (Å²) in [5.41, 5.74) is 7.14. The Hall–Kier alpha value is -2.28. The number of ether oxygens (including phenoxy) is 2. The van der Waals surface area contributed by atoms with Gasteiger partial charge in [0.15, 0.2) is 33.6 Å². The molecule has 0 saturated heterocycles. The van der Waals surface area contributed by atoms with Crippen LogP contribution in [0.4, 0.5) is 5.82 Å². The van der Waals surface area contributed by atoms with Gasteiger partial charge >= 0.3 is 0 Å². The first kappa shape index (κ1) is 18.1. The van der Waals surface area contributed by atoms with Crippen molar-refractivity contribution in [1.82, 2.24) is 24.8 Å². The maximum absolute atomic E-state index is 11.2. The van der Waals surface area contributed by atoms with Gasteiger partial charge in [-0.2, -0.15) is 0 Å². The molecule has 0 spiro atoms. The van der Waals surface area contributed by atoms with Crippen LogP contribution in [0.5, 0.6) is 11.5 Å². The average molecular weight is 498 g/mol. The van der Waals surface area contributed by atoms with Crippen LogP contribution in [0.15, 0.2) is 28.5 Å². The van der Waals surface area contributed by atoms with E-state index < -0.39 is 0 Å². The van der Waals surface area contributed by atoms with E-state index in [0.29, 0.717) is 41.0 Å². The molecule has 11 heteroatoms. The summed E-state index contributed by atoms with van der Waals surface area (Å²) in [5, 5.41) is 3.50. The smallest absolute Gasteiger partial charge is 0.231 e. The Balaban J connectivity index is 1.72. The van der Waals surface area contributed by atoms with Gasteiger partial charge in [0, 0.05) is 28.5 Å². The molecule has 0 bridgehead atoms. The largest absolute Gasteiger partial charge is 0.454 e. The number of amides is 1. The topological polar surface area (TPSA) is 117 Å². The number of nitrogens with zero attached hydrogens (tertiary/aromatic N) is 4. The minimum absolute atomic E-state index is 0.0897. The van der Waals surface area contributed by atoms with Crippen LogP contribution in [0.3, 0.4) is 0 Å². The molecular weight excluding hydrogens is 483 g/mol. The van der Waals surface area contributed by atoms with Gasteiger partial charge in [-0.3, -0.25) is 4.79 Å². The number of carbonyl (C=O) groups excluding carboxylic acids is 1. The van der Waals surface area contributed by atoms with Crippen LogP contribution in [0, 0.1) is 3.57 Å². The van der Waals surface area contributed by atoms with Crippen LogP contribution in [0.1, 0.15) is 6.92 Å². The summed E-state index contributed by atoms with van der Waals surface area (Å²) in [7, 11) is 0. The van der Waals surface area contributed by atoms with Crippen molar-refractivity contribution in [1.29, 1.82) is 0 Å². The van der Waals surface area contributed by atoms with Gasteiger partial charge in [0.2, 0.25) is 12.7 Å². The summed E-state index contributed by atoms with van der Waals surface area (Å²) < 4.78 is 13.8. The van der Waals surface area contributed by atoms with Gasteiger partial charge in [0.25, 0.3) is 0 Å². The fraction of sp³-hybridized carbons (Fsp3) is 0.250. The molecule has 1 aliphatic heterocycles. The zero-order valence-corrected chi connectivity index (χ0v) is 17.2. The molecule has 3 N–H and O–H groups in total. The molecule has 1 aromatic carbocycles. The molecule has 1 amide bonds. The Morgan fingerprint density at radius 1 is 1.37 bits per heavy atom. The van der Waals surface area contributed by atoms with Gasteiger partial charge in [0.05, 0.1) is 0 Å². The van der Waals surface area contributed by atoms with Crippen LogP contribution in [0.2, 0.25) is 0 Å². The molecule has 2 aromatic heterocycles. The number of benzene rings is 1. The molecule has 3 aromatic rings. The van der Waals surface area contributed by atoms with Crippen LogP contribution >= 0.6 is 34.4 Å². The first-order chi connectivity index (χ1) is 13.0. The van der Waals surface area contributed by atoms with Gasteiger partial charge in [-0.1, -0.05) is 11.8 Å². The lowest BCUT2D eigenvalue weighted by atomic mass is 10.3. The standard InChI is InChI=1S/C16H15IN6O3S/c1-8(24)19-2-3-23-15-13(14(18)20-6-21-15)22-16(23)27-12-5-11-10(4-9(12)17)25-7-26-11/h4-6H,2-3,7H2,1H3,(H,19,24)(H2,18,20,21). The third-order valence-electron chi connectivity index (χ3n) is 3.86. The second-order valence-electron chi connectivity index (χ2n) is 5.70. The second-order valence-corrected chi connectivity index (χ2v) is 7.87. The molecule has 27 heavy (non-hydrogen) atoms. The Kier molecular flexibility index (Phi) is 4.95. The van der Waals surface area contributed by atoms with Crippen molar-refractivity contribution in [2.24, 2.45) is 0 Å². The molecule has 9 nitrogen and oxygen atoms in total. The first-order valence-electron chi connectivity index (χ1n) is 8.01. The lowest BCUT2D eigenvalue weighted by Crippen LogP contribution is -2.24. The van der Waals surface area contributed by atoms with E-state index in [4.69, 9.17) is 15.2 Å². The number of carbonyl (C=O) groups is 1. The number of nitrogen functional groups attached to an aromatic ring is 1. The van der Waals surface area contributed by atoms with Crippen molar-refractivity contribution >= 4 is 57.2 Å². The number of imidazole rings is 1. The quantitative estimate of drug-likeness (QED) is 0.514. The molecule has 140 valence electrons. The lowest BCUT2D eigenvalue weighted by molar-refractivity contribution is -0.118. The van der Waals surface area contributed by atoms with Crippen molar-refractivity contribution in [2.45, 2.75) is 23.5 Å². The van der Waals surface area contributed by atoms with Crippen molar-refractivity contribution in [3.63, 3.8) is 0 Å². The maximum atomic E-state index is 11.2. The van der Waals surface area contributed by atoms with E-state index >= 15 is 0 Å². The minimum atomic E-state index is -0.0897. The van der Waals surface area contributed by atoms with Crippen LogP contribution in [0.25, 0.3) is 11.2 Å². The van der Waals surface area contributed by atoms with Gasteiger partial charge in [0.1, 0.15) is 6.33 Å². The van der Waals surface area contributed by atoms with E-state index in [0.717, 1.165) is 14.2 Å². The summed E-state index contributed by atoms with van der Waals surface area (Å²) >= 11 is 3.72. The highest BCUT2D eigenvalue weighted by Crippen LogP contribution is 2.41. The number of hydrogen-bond donors (Lipinski definition) is 2. The SMILES string of the molecule is CC(=O)NCCn1c(Sc2cc3c(cc2I)OCO3)nc2c(N)ncnc21. The first-order valence-corrected chi connectivity index (χ1v) is 9.90. The third kappa shape index (κ3) is 3.60. The van der Waals surface area contributed by atoms with Gasteiger partial charge in [-0.25, -0.2) is 15.0 Å². The molecule has 0 radical (unpaired) electrons. The predicted molar refractivity (Wildman–Crippen MR) is 108 cm³/mol. The summed E-state index contributed by atoms with van der Waals surface area (Å²) in [6.45, 7) is 2.67. The van der Waals surface area contributed by atoms with Gasteiger partial charge in [-0.05, 0) is 34.7 Å². The Labute approximate surface area is 172 Å². The fourth-order valence-corrected chi connectivity index (χ4v) is 4.35. The molecule has 3 heterocycles. The fourth-order valence-electron chi connectivity index (χ4n) is 2.63. The number of hydrogen-bond acceptors (Lipinski definition) is 8. The lowest BCUT2D eigenvalue weighted by Gasteiger charge is -2.10. The molecule has 4 rings (SSSR count). The van der Waals surface area contributed by atoms with Crippen molar-refractivity contribution in [3.8, 4) is 11.5 Å². The summed E-state index contributed by atoms with van der Waals surface area (Å²) in [5.74, 6) is 1.67. The van der Waals surface area contributed by atoms with Crippen molar-refractivity contribution < 1.29 is 14.3 Å². The molecule has 0 atom stereocenters. The Morgan fingerprint density at radius 3 is 2.93 bits per heavy atom. The summed E-state index contributed by atoms with van der Waals surface area (Å²) in [4.78, 5) is 25.1. The third-order valence-corrected chi connectivity index (χ3v) is 6.17. The zero-order valence-electron chi connectivity index (χ0n) is 14.2. The maximum Gasteiger partial charge on any atom is 0.231 e. The number of nitrogens with two attached hydrogens (primary N) is 1. The average Bonchev–Trinajstić information content (AvgIpc) is 3.21. The molecule has 0 aliphatic carbocycles. The Bertz CT molecular complexity index is 1040. The normalized spacial score (nSPS) is 12.5. The van der Waals surface area contributed by atoms with E-state index in [1.807, 2.05) is 16.7 Å². The van der Waals surface area contributed by atoms with E-state index in [9.17, 15) is 4.79 Å². The molecule has 0 saturated carbocycles. The number of anilines is 1. The highest BCUT2D eigenvalue weighted by molar-refractivity contribution is 14.1. The highest BCUT2D eigenvalue weighted by atomic mass is 127. The van der Waals surface area contributed by atoms with Crippen LogP contribution < -0.4 is 20.5 Å². The number of aromatic nitrogens is 4. The van der Waals surface area contributed by atoms with Crippen LogP contribution in [-0.4, -0.2) is 38.8 Å². The number of nitrogens with one attached hydrogen (secondary N) is 1. The molecule has 0 fully saturated rings. The van der Waals surface area contributed by atoms with E-state index in [1.165, 1.54) is 25.0 Å². The second kappa shape index (κ2) is 7.38. The van der Waals surface area contributed by atoms with Gasteiger partial charge < -0.3 is 25.1 Å². The number of fused-ring (bicyclic) bond motifs is 2. The predicted octanol–water partition coefficient (Wildman–Crippen LogP) is 2.03. The van der Waals surface area contributed by atoms with E-state index in [-0.39, 0.29) is 12.7 Å².